The van der Waals surface area contributed by atoms with Crippen molar-refractivity contribution in [2.24, 2.45) is 5.73 Å². The van der Waals surface area contributed by atoms with Gasteiger partial charge in [-0.2, -0.15) is 0 Å². The molecule has 2 N–H and O–H groups in total. The van der Waals surface area contributed by atoms with E-state index in [4.69, 9.17) is 0 Å². The van der Waals surface area contributed by atoms with Crippen molar-refractivity contribution < 1.29 is 9.53 Å². The molecule has 0 saturated heterocycles. The van der Waals surface area contributed by atoms with Gasteiger partial charge in [0.25, 0.3) is 0 Å². The van der Waals surface area contributed by atoms with Crippen LogP contribution in [0.5, 0.6) is 0 Å². The Morgan fingerprint density at radius 1 is 1.67 bits per heavy atom. The molecule has 0 aromatic heterocycles. The molecule has 0 saturated carbocycles. The Labute approximate surface area is 54.8 Å². The van der Waals surface area contributed by atoms with Gasteiger partial charge < -0.3 is 10.5 Å². The van der Waals surface area contributed by atoms with E-state index in [2.05, 4.69) is 23.6 Å². The average molecular weight is 129 g/mol. The van der Waals surface area contributed by atoms with Crippen LogP contribution in [-0.2, 0) is 9.53 Å². The second kappa shape index (κ2) is 9.89. The molecule has 0 aromatic rings. The number of primary amides is 1. The molecular formula is C6H11NO2. The second-order valence-corrected chi connectivity index (χ2v) is 1.01. The number of nitrogens with two attached hydrogens (primary N) is 1. The molecule has 0 aliphatic rings. The Balaban J connectivity index is 0. The smallest absolute Gasteiger partial charge is 0.240 e. The summed E-state index contributed by atoms with van der Waals surface area (Å²) in [6, 6.07) is 0. The van der Waals surface area contributed by atoms with Crippen LogP contribution in [0.1, 0.15) is 0 Å². The molecule has 0 rings (SSSR count). The van der Waals surface area contributed by atoms with E-state index in [0.29, 0.717) is 0 Å². The first kappa shape index (κ1) is 10.7. The van der Waals surface area contributed by atoms with Gasteiger partial charge in [-0.1, -0.05) is 13.2 Å². The van der Waals surface area contributed by atoms with Crippen molar-refractivity contribution in [2.45, 2.75) is 0 Å². The van der Waals surface area contributed by atoms with Gasteiger partial charge in [0.1, 0.15) is 0 Å². The molecule has 0 heterocycles. The number of hydrogen-bond donors (Lipinski definition) is 1. The van der Waals surface area contributed by atoms with Gasteiger partial charge in [-0.15, -0.1) is 0 Å². The van der Waals surface area contributed by atoms with E-state index in [1.165, 1.54) is 6.26 Å². The predicted octanol–water partition coefficient (Wildman–Crippen LogP) is 0.434. The first-order chi connectivity index (χ1) is 4.18. The van der Waals surface area contributed by atoms with Crippen LogP contribution in [0.15, 0.2) is 25.5 Å². The van der Waals surface area contributed by atoms with Crippen LogP contribution in [0.25, 0.3) is 0 Å². The van der Waals surface area contributed by atoms with Crippen molar-refractivity contribution in [3.8, 4) is 0 Å². The fraction of sp³-hybridized carbons (Fsp3) is 0.167. The van der Waals surface area contributed by atoms with Gasteiger partial charge in [0.05, 0.1) is 13.4 Å². The van der Waals surface area contributed by atoms with E-state index < -0.39 is 5.91 Å². The van der Waals surface area contributed by atoms with E-state index in [1.807, 2.05) is 0 Å². The Hall–Kier alpha value is -1.25. The van der Waals surface area contributed by atoms with Crippen LogP contribution in [-0.4, -0.2) is 13.0 Å². The molecule has 3 nitrogen and oxygen atoms in total. The van der Waals surface area contributed by atoms with Gasteiger partial charge in [0.15, 0.2) is 0 Å². The van der Waals surface area contributed by atoms with Crippen molar-refractivity contribution in [3.05, 3.63) is 25.5 Å². The number of rotatable bonds is 2. The Bertz CT molecular complexity index is 99.2. The third-order valence-electron chi connectivity index (χ3n) is 0.368. The first-order valence-corrected chi connectivity index (χ1v) is 2.24. The summed E-state index contributed by atoms with van der Waals surface area (Å²) in [7, 11) is 1.56. The summed E-state index contributed by atoms with van der Waals surface area (Å²) in [5.41, 5.74) is 4.53. The fourth-order valence-electron chi connectivity index (χ4n) is 0. The van der Waals surface area contributed by atoms with Crippen molar-refractivity contribution in [2.75, 3.05) is 7.11 Å². The summed E-state index contributed by atoms with van der Waals surface area (Å²) in [5.74, 6) is -0.481. The first-order valence-electron chi connectivity index (χ1n) is 2.24. The van der Waals surface area contributed by atoms with Crippen molar-refractivity contribution in [1.29, 1.82) is 0 Å². The van der Waals surface area contributed by atoms with Crippen LogP contribution in [0.2, 0.25) is 0 Å². The van der Waals surface area contributed by atoms with E-state index in [-0.39, 0.29) is 0 Å². The summed E-state index contributed by atoms with van der Waals surface area (Å²) in [4.78, 5) is 9.47. The maximum Gasteiger partial charge on any atom is 0.240 e. The molecule has 0 aromatic carbocycles. The van der Waals surface area contributed by atoms with Gasteiger partial charge >= 0.3 is 0 Å². The highest BCUT2D eigenvalue weighted by Gasteiger charge is 1.69. The standard InChI is InChI=1S/C3H5NO.C3H6O/c1-2-3(4)5;1-3-4-2/h2H,1H2,(H2,4,5);3H,1H2,2H3. The number of ether oxygens (including phenoxy) is 1. The zero-order valence-electron chi connectivity index (χ0n) is 5.46. The minimum atomic E-state index is -0.481. The van der Waals surface area contributed by atoms with Gasteiger partial charge in [0, 0.05) is 0 Å². The Morgan fingerprint density at radius 3 is 1.89 bits per heavy atom. The minimum Gasteiger partial charge on any atom is -0.505 e. The summed E-state index contributed by atoms with van der Waals surface area (Å²) in [5, 5.41) is 0. The summed E-state index contributed by atoms with van der Waals surface area (Å²) >= 11 is 0. The predicted molar refractivity (Wildman–Crippen MR) is 36.6 cm³/mol. The van der Waals surface area contributed by atoms with Crippen molar-refractivity contribution in [1.82, 2.24) is 0 Å². The highest BCUT2D eigenvalue weighted by Crippen LogP contribution is 1.52. The molecule has 1 amide bonds. The molecule has 0 radical (unpaired) electrons. The van der Waals surface area contributed by atoms with Crippen LogP contribution < -0.4 is 5.73 Å². The summed E-state index contributed by atoms with van der Waals surface area (Å²) < 4.78 is 4.31. The van der Waals surface area contributed by atoms with E-state index >= 15 is 0 Å². The van der Waals surface area contributed by atoms with E-state index in [0.717, 1.165) is 6.08 Å². The normalized spacial score (nSPS) is 5.89. The molecule has 0 bridgehead atoms. The molecule has 9 heavy (non-hydrogen) atoms. The topological polar surface area (TPSA) is 52.3 Å². The van der Waals surface area contributed by atoms with Gasteiger partial charge in [-0.3, -0.25) is 4.79 Å². The minimum absolute atomic E-state index is 0.481. The molecule has 0 spiro atoms. The van der Waals surface area contributed by atoms with E-state index in [1.54, 1.807) is 7.11 Å². The maximum absolute atomic E-state index is 9.47. The van der Waals surface area contributed by atoms with E-state index in [9.17, 15) is 4.79 Å². The molecule has 3 heteroatoms. The molecule has 52 valence electrons. The quantitative estimate of drug-likeness (QED) is 0.434. The monoisotopic (exact) mass is 129 g/mol. The van der Waals surface area contributed by atoms with Crippen LogP contribution in [0.3, 0.4) is 0 Å². The largest absolute Gasteiger partial charge is 0.505 e. The number of carbonyl (C=O) groups is 1. The third kappa shape index (κ3) is 49.7. The van der Waals surface area contributed by atoms with Gasteiger partial charge in [0.2, 0.25) is 5.91 Å². The van der Waals surface area contributed by atoms with Gasteiger partial charge in [-0.25, -0.2) is 0 Å². The average Bonchev–Trinajstić information content (AvgIpc) is 1.89. The zero-order chi connectivity index (χ0) is 7.70. The molecule has 0 atom stereocenters. The van der Waals surface area contributed by atoms with Crippen LogP contribution >= 0.6 is 0 Å². The number of hydrogen-bond acceptors (Lipinski definition) is 2. The molecule has 0 aliphatic carbocycles. The number of amides is 1. The second-order valence-electron chi connectivity index (χ2n) is 1.01. The highest BCUT2D eigenvalue weighted by atomic mass is 16.5. The molecule has 0 unspecified atom stereocenters. The van der Waals surface area contributed by atoms with Crippen molar-refractivity contribution >= 4 is 5.91 Å². The van der Waals surface area contributed by atoms with Crippen LogP contribution in [0.4, 0.5) is 0 Å². The Kier molecular flexibility index (Phi) is 11.7. The lowest BCUT2D eigenvalue weighted by Gasteiger charge is -1.73. The number of methoxy groups -OCH3 is 1. The van der Waals surface area contributed by atoms with Gasteiger partial charge in [-0.05, 0) is 6.08 Å². The summed E-state index contributed by atoms with van der Waals surface area (Å²) in [6.45, 7) is 6.34. The summed E-state index contributed by atoms with van der Waals surface area (Å²) in [6.07, 6.45) is 2.43. The van der Waals surface area contributed by atoms with Crippen molar-refractivity contribution in [3.63, 3.8) is 0 Å². The molecular weight excluding hydrogens is 118 g/mol. The fourth-order valence-corrected chi connectivity index (χ4v) is 0. The maximum atomic E-state index is 9.47. The lowest BCUT2D eigenvalue weighted by Crippen LogP contribution is -2.04. The molecule has 0 aliphatic heterocycles. The van der Waals surface area contributed by atoms with Crippen LogP contribution in [0, 0.1) is 0 Å². The molecule has 0 fully saturated rings. The lowest BCUT2D eigenvalue weighted by atomic mass is 10.6. The lowest BCUT2D eigenvalue weighted by molar-refractivity contribution is -0.113. The third-order valence-corrected chi connectivity index (χ3v) is 0.368. The number of carbonyl (C=O) groups excluding carboxylic acids is 1. The zero-order valence-corrected chi connectivity index (χ0v) is 5.46. The SMILES string of the molecule is C=CC(N)=O.C=COC. The highest BCUT2D eigenvalue weighted by molar-refractivity contribution is 5.84. The Morgan fingerprint density at radius 2 is 1.89 bits per heavy atom.